The van der Waals surface area contributed by atoms with Crippen LogP contribution in [0.2, 0.25) is 0 Å². The van der Waals surface area contributed by atoms with Gasteiger partial charge in [0.05, 0.1) is 27.5 Å². The Morgan fingerprint density at radius 3 is 1.86 bits per heavy atom. The number of nitriles is 1. The summed E-state index contributed by atoms with van der Waals surface area (Å²) in [5.41, 5.74) is 11.4. The highest BCUT2D eigenvalue weighted by atomic mass is 32.1. The molecule has 4 nitrogen and oxygen atoms in total. The standard InChI is InChI=1S/C45H45N3OS/c1-43(2,3)33-22-32(41(49)37(24-33)45(7,8)9)27-47-38-13-11-10-12-35(38)42-48-40-36(23-34(44(4,5)6)25-39(40)50-42)31-20-18-30(19-21-31)29-16-14-28(26-46)15-17-29/h10-25,27,49H,1-9H3. The van der Waals surface area contributed by atoms with E-state index in [0.29, 0.717) is 11.1 Å². The third-order valence-electron chi connectivity index (χ3n) is 9.19. The third-order valence-corrected chi connectivity index (χ3v) is 10.2. The van der Waals surface area contributed by atoms with Crippen molar-refractivity contribution in [3.63, 3.8) is 0 Å². The maximum Gasteiger partial charge on any atom is 0.128 e. The second-order valence-corrected chi connectivity index (χ2v) is 17.2. The van der Waals surface area contributed by atoms with Gasteiger partial charge in [-0.05, 0) is 86.5 Å². The SMILES string of the molecule is CC(C)(C)c1cc(C=Nc2ccccc2-c2nc3c(-c4ccc(-c5ccc(C#N)cc5)cc4)cc(C(C)(C)C)cc3s2)c(O)c(C(C)(C)C)c1. The topological polar surface area (TPSA) is 69.3 Å². The number of aromatic hydroxyl groups is 1. The monoisotopic (exact) mass is 675 g/mol. The minimum Gasteiger partial charge on any atom is -0.507 e. The molecule has 1 aromatic heterocycles. The van der Waals surface area contributed by atoms with E-state index in [1.807, 2.05) is 42.5 Å². The molecule has 0 aliphatic rings. The summed E-state index contributed by atoms with van der Waals surface area (Å²) in [5, 5.41) is 21.5. The van der Waals surface area contributed by atoms with Crippen molar-refractivity contribution in [2.75, 3.05) is 0 Å². The number of aromatic nitrogens is 1. The second kappa shape index (κ2) is 13.0. The lowest BCUT2D eigenvalue weighted by atomic mass is 9.79. The largest absolute Gasteiger partial charge is 0.507 e. The van der Waals surface area contributed by atoms with E-state index in [1.165, 1.54) is 5.56 Å². The average molecular weight is 676 g/mol. The maximum absolute atomic E-state index is 11.4. The van der Waals surface area contributed by atoms with Crippen LogP contribution < -0.4 is 0 Å². The van der Waals surface area contributed by atoms with Crippen LogP contribution in [0.25, 0.3) is 43.0 Å². The zero-order valence-electron chi connectivity index (χ0n) is 30.5. The van der Waals surface area contributed by atoms with Crippen LogP contribution in [0.3, 0.4) is 0 Å². The molecule has 0 spiro atoms. The summed E-state index contributed by atoms with van der Waals surface area (Å²) in [6.07, 6.45) is 1.80. The second-order valence-electron chi connectivity index (χ2n) is 16.1. The van der Waals surface area contributed by atoms with Gasteiger partial charge in [0.15, 0.2) is 0 Å². The van der Waals surface area contributed by atoms with Gasteiger partial charge in [-0.1, -0.05) is 117 Å². The minimum absolute atomic E-state index is 0.0484. The van der Waals surface area contributed by atoms with Crippen molar-refractivity contribution in [2.45, 2.75) is 78.6 Å². The van der Waals surface area contributed by atoms with Crippen molar-refractivity contribution in [2.24, 2.45) is 4.99 Å². The summed E-state index contributed by atoms with van der Waals surface area (Å²) >= 11 is 1.68. The molecular weight excluding hydrogens is 631 g/mol. The molecule has 50 heavy (non-hydrogen) atoms. The van der Waals surface area contributed by atoms with E-state index in [2.05, 4.69) is 123 Å². The lowest BCUT2D eigenvalue weighted by Gasteiger charge is -2.27. The van der Waals surface area contributed by atoms with E-state index in [-0.39, 0.29) is 22.0 Å². The van der Waals surface area contributed by atoms with Gasteiger partial charge in [-0.25, -0.2) is 4.98 Å². The van der Waals surface area contributed by atoms with Crippen molar-refractivity contribution in [3.05, 3.63) is 125 Å². The normalized spacial score (nSPS) is 12.5. The highest BCUT2D eigenvalue weighted by Gasteiger charge is 2.25. The van der Waals surface area contributed by atoms with Crippen LogP contribution in [0.15, 0.2) is 102 Å². The predicted octanol–water partition coefficient (Wildman–Crippen LogP) is 12.5. The van der Waals surface area contributed by atoms with Gasteiger partial charge in [0.1, 0.15) is 10.8 Å². The fourth-order valence-electron chi connectivity index (χ4n) is 6.04. The number of para-hydroxylation sites is 1. The van der Waals surface area contributed by atoms with Crippen LogP contribution in [0.4, 0.5) is 5.69 Å². The van der Waals surface area contributed by atoms with Gasteiger partial charge in [-0.2, -0.15) is 5.26 Å². The van der Waals surface area contributed by atoms with Crippen LogP contribution in [0, 0.1) is 11.3 Å². The van der Waals surface area contributed by atoms with Crippen molar-refractivity contribution in [1.82, 2.24) is 4.98 Å². The highest BCUT2D eigenvalue weighted by Crippen LogP contribution is 2.42. The molecule has 1 N–H and O–H groups in total. The number of hydrogen-bond donors (Lipinski definition) is 1. The molecule has 0 saturated carbocycles. The summed E-state index contributed by atoms with van der Waals surface area (Å²) in [4.78, 5) is 10.3. The Kier molecular flexibility index (Phi) is 9.05. The molecule has 0 unspecified atom stereocenters. The molecule has 252 valence electrons. The lowest BCUT2D eigenvalue weighted by molar-refractivity contribution is 0.444. The Morgan fingerprint density at radius 1 is 0.680 bits per heavy atom. The number of phenolic OH excluding ortho intramolecular Hbond substituents is 1. The third kappa shape index (κ3) is 7.13. The van der Waals surface area contributed by atoms with E-state index in [0.717, 1.165) is 59.9 Å². The van der Waals surface area contributed by atoms with Gasteiger partial charge < -0.3 is 5.11 Å². The Hall–Kier alpha value is -5.05. The van der Waals surface area contributed by atoms with Crippen LogP contribution >= 0.6 is 11.3 Å². The van der Waals surface area contributed by atoms with E-state index in [1.54, 1.807) is 17.6 Å². The maximum atomic E-state index is 11.4. The zero-order valence-corrected chi connectivity index (χ0v) is 31.3. The van der Waals surface area contributed by atoms with Crippen molar-refractivity contribution >= 4 is 33.5 Å². The van der Waals surface area contributed by atoms with Gasteiger partial charge in [-0.15, -0.1) is 11.3 Å². The summed E-state index contributed by atoms with van der Waals surface area (Å²) in [6.45, 7) is 19.7. The van der Waals surface area contributed by atoms with Crippen molar-refractivity contribution in [1.29, 1.82) is 5.26 Å². The molecular formula is C45H45N3OS. The molecule has 5 aromatic carbocycles. The molecule has 0 bridgehead atoms. The number of hydrogen-bond acceptors (Lipinski definition) is 5. The molecule has 6 rings (SSSR count). The molecule has 0 aliphatic heterocycles. The van der Waals surface area contributed by atoms with Crippen molar-refractivity contribution in [3.8, 4) is 44.6 Å². The number of aliphatic imine (C=N–C) groups is 1. The summed E-state index contributed by atoms with van der Waals surface area (Å²) in [5.74, 6) is 0.274. The molecule has 1 heterocycles. The first-order valence-electron chi connectivity index (χ1n) is 17.1. The molecule has 0 saturated heterocycles. The van der Waals surface area contributed by atoms with Crippen LogP contribution in [-0.4, -0.2) is 16.3 Å². The minimum atomic E-state index is -0.222. The van der Waals surface area contributed by atoms with Gasteiger partial charge in [0.25, 0.3) is 0 Å². The molecule has 6 aromatic rings. The molecule has 5 heteroatoms. The van der Waals surface area contributed by atoms with Gasteiger partial charge in [-0.3, -0.25) is 4.99 Å². The van der Waals surface area contributed by atoms with E-state index < -0.39 is 0 Å². The lowest BCUT2D eigenvalue weighted by Crippen LogP contribution is -2.17. The van der Waals surface area contributed by atoms with E-state index in [9.17, 15) is 10.4 Å². The van der Waals surface area contributed by atoms with Gasteiger partial charge in [0.2, 0.25) is 0 Å². The first kappa shape index (κ1) is 34.8. The van der Waals surface area contributed by atoms with Gasteiger partial charge in [0, 0.05) is 28.5 Å². The quantitative estimate of drug-likeness (QED) is 0.185. The first-order valence-corrected chi connectivity index (χ1v) is 17.9. The average Bonchev–Trinajstić information content (AvgIpc) is 3.50. The van der Waals surface area contributed by atoms with Crippen LogP contribution in [0.5, 0.6) is 5.75 Å². The summed E-state index contributed by atoms with van der Waals surface area (Å²) < 4.78 is 1.13. The highest BCUT2D eigenvalue weighted by molar-refractivity contribution is 7.21. The molecule has 0 atom stereocenters. The van der Waals surface area contributed by atoms with Crippen LogP contribution in [-0.2, 0) is 16.2 Å². The number of benzene rings is 5. The van der Waals surface area contributed by atoms with E-state index >= 15 is 0 Å². The molecule has 0 amide bonds. The Morgan fingerprint density at radius 2 is 1.26 bits per heavy atom. The van der Waals surface area contributed by atoms with E-state index in [4.69, 9.17) is 9.98 Å². The number of thiazole rings is 1. The molecule has 0 aliphatic carbocycles. The number of nitrogens with zero attached hydrogens (tertiary/aromatic N) is 3. The number of phenols is 1. The van der Waals surface area contributed by atoms with Crippen LogP contribution in [0.1, 0.15) is 90.1 Å². The predicted molar refractivity (Wildman–Crippen MR) is 212 cm³/mol. The number of rotatable bonds is 5. The summed E-state index contributed by atoms with van der Waals surface area (Å²) in [6, 6.07) is 35.3. The Labute approximate surface area is 300 Å². The fourth-order valence-corrected chi connectivity index (χ4v) is 7.11. The zero-order chi connectivity index (χ0) is 36.0. The Bertz CT molecular complexity index is 2260. The Balaban J connectivity index is 1.44. The van der Waals surface area contributed by atoms with Gasteiger partial charge >= 0.3 is 0 Å². The molecule has 0 fully saturated rings. The molecule has 0 radical (unpaired) electrons. The smallest absolute Gasteiger partial charge is 0.128 e. The summed E-state index contributed by atoms with van der Waals surface area (Å²) in [7, 11) is 0. The first-order chi connectivity index (χ1) is 23.5. The fraction of sp³-hybridized carbons (Fsp3) is 0.267. The number of fused-ring (bicyclic) bond motifs is 1. The van der Waals surface area contributed by atoms with Crippen molar-refractivity contribution < 1.29 is 5.11 Å².